The van der Waals surface area contributed by atoms with Gasteiger partial charge in [-0.05, 0) is 57.1 Å². The predicted octanol–water partition coefficient (Wildman–Crippen LogP) is 4.56. The van der Waals surface area contributed by atoms with E-state index in [9.17, 15) is 9.90 Å². The van der Waals surface area contributed by atoms with Crippen molar-refractivity contribution in [3.05, 3.63) is 24.3 Å². The third-order valence-corrected chi connectivity index (χ3v) is 5.67. The molecule has 1 heterocycles. The second-order valence-electron chi connectivity index (χ2n) is 7.80. The van der Waals surface area contributed by atoms with Crippen molar-refractivity contribution in [1.29, 1.82) is 0 Å². The molecule has 2 fully saturated rings. The van der Waals surface area contributed by atoms with Gasteiger partial charge in [0.05, 0.1) is 11.7 Å². The number of hydrogen-bond acceptors (Lipinski definition) is 3. The number of piperidine rings is 1. The van der Waals surface area contributed by atoms with Gasteiger partial charge in [-0.1, -0.05) is 25.8 Å². The summed E-state index contributed by atoms with van der Waals surface area (Å²) < 4.78 is 6.01. The summed E-state index contributed by atoms with van der Waals surface area (Å²) in [6, 6.07) is 7.56. The summed E-state index contributed by atoms with van der Waals surface area (Å²) in [4.78, 5) is 14.3. The predicted molar refractivity (Wildman–Crippen MR) is 104 cm³/mol. The highest BCUT2D eigenvalue weighted by atomic mass is 16.5. The molecule has 0 spiro atoms. The first-order chi connectivity index (χ1) is 12.6. The maximum atomic E-state index is 12.5. The van der Waals surface area contributed by atoms with Gasteiger partial charge < -0.3 is 20.1 Å². The van der Waals surface area contributed by atoms with E-state index in [2.05, 4.69) is 12.2 Å². The number of carbonyl (C=O) groups excluding carboxylic acids is 1. The summed E-state index contributed by atoms with van der Waals surface area (Å²) in [5, 5.41) is 13.6. The number of aliphatic hydroxyl groups is 1. The highest BCUT2D eigenvalue weighted by molar-refractivity contribution is 5.89. The SMILES string of the molecule is CCCCC1(O)CCN(C(=O)Nc2cccc(OC3CCCC3)c2)CC1. The Kier molecular flexibility index (Phi) is 6.41. The van der Waals surface area contributed by atoms with E-state index >= 15 is 0 Å². The van der Waals surface area contributed by atoms with Crippen LogP contribution >= 0.6 is 0 Å². The van der Waals surface area contributed by atoms with Gasteiger partial charge in [-0.3, -0.25) is 0 Å². The number of unbranched alkanes of at least 4 members (excludes halogenated alkanes) is 1. The van der Waals surface area contributed by atoms with Crippen LogP contribution < -0.4 is 10.1 Å². The zero-order chi connectivity index (χ0) is 18.4. The molecule has 26 heavy (non-hydrogen) atoms. The van der Waals surface area contributed by atoms with Gasteiger partial charge >= 0.3 is 6.03 Å². The second-order valence-corrected chi connectivity index (χ2v) is 7.80. The van der Waals surface area contributed by atoms with E-state index in [4.69, 9.17) is 4.74 Å². The third-order valence-electron chi connectivity index (χ3n) is 5.67. The summed E-state index contributed by atoms with van der Waals surface area (Å²) in [5.41, 5.74) is 0.166. The average Bonchev–Trinajstić information content (AvgIpc) is 3.14. The molecule has 5 nitrogen and oxygen atoms in total. The quantitative estimate of drug-likeness (QED) is 0.782. The lowest BCUT2D eigenvalue weighted by molar-refractivity contribution is -0.0194. The Morgan fingerprint density at radius 2 is 2.04 bits per heavy atom. The normalized spacial score (nSPS) is 20.2. The van der Waals surface area contributed by atoms with Gasteiger partial charge in [-0.25, -0.2) is 4.79 Å². The first kappa shape index (κ1) is 19.0. The standard InChI is InChI=1S/C21H32N2O3/c1-2-3-11-21(25)12-14-23(15-13-21)20(24)22-17-7-6-10-19(16-17)26-18-8-4-5-9-18/h6-7,10,16,18,25H,2-5,8-9,11-15H2,1H3,(H,22,24). The van der Waals surface area contributed by atoms with Crippen molar-refractivity contribution in [1.82, 2.24) is 4.90 Å². The lowest BCUT2D eigenvalue weighted by atomic mass is 9.87. The minimum atomic E-state index is -0.595. The second kappa shape index (κ2) is 8.76. The minimum absolute atomic E-state index is 0.0967. The number of nitrogens with one attached hydrogen (secondary N) is 1. The largest absolute Gasteiger partial charge is 0.490 e. The van der Waals surface area contributed by atoms with Crippen molar-refractivity contribution < 1.29 is 14.6 Å². The summed E-state index contributed by atoms with van der Waals surface area (Å²) in [7, 11) is 0. The van der Waals surface area contributed by atoms with Crippen LogP contribution in [0.15, 0.2) is 24.3 Å². The molecule has 0 aromatic heterocycles. The van der Waals surface area contributed by atoms with Crippen LogP contribution in [0.4, 0.5) is 10.5 Å². The lowest BCUT2D eigenvalue weighted by Gasteiger charge is -2.38. The van der Waals surface area contributed by atoms with Gasteiger partial charge in [0.15, 0.2) is 0 Å². The first-order valence-electron chi connectivity index (χ1n) is 10.1. The van der Waals surface area contributed by atoms with E-state index in [0.29, 0.717) is 32.0 Å². The molecule has 2 aliphatic rings. The van der Waals surface area contributed by atoms with Crippen LogP contribution in [0.1, 0.15) is 64.7 Å². The van der Waals surface area contributed by atoms with Gasteiger partial charge in [0.2, 0.25) is 0 Å². The maximum Gasteiger partial charge on any atom is 0.321 e. The van der Waals surface area contributed by atoms with Crippen molar-refractivity contribution in [2.75, 3.05) is 18.4 Å². The summed E-state index contributed by atoms with van der Waals surface area (Å²) in [5.74, 6) is 0.822. The molecule has 1 saturated heterocycles. The molecule has 1 aromatic rings. The lowest BCUT2D eigenvalue weighted by Crippen LogP contribution is -2.48. The average molecular weight is 360 g/mol. The third kappa shape index (κ3) is 5.13. The summed E-state index contributed by atoms with van der Waals surface area (Å²) in [6.45, 7) is 3.34. The van der Waals surface area contributed by atoms with E-state index in [1.54, 1.807) is 4.90 Å². The Balaban J connectivity index is 1.50. The fraction of sp³-hybridized carbons (Fsp3) is 0.667. The van der Waals surface area contributed by atoms with Crippen molar-refractivity contribution in [3.63, 3.8) is 0 Å². The molecule has 144 valence electrons. The molecular formula is C21H32N2O3. The van der Waals surface area contributed by atoms with Gasteiger partial charge in [-0.2, -0.15) is 0 Å². The maximum absolute atomic E-state index is 12.5. The number of likely N-dealkylation sites (tertiary alicyclic amines) is 1. The van der Waals surface area contributed by atoms with Crippen LogP contribution in [0.5, 0.6) is 5.75 Å². The molecule has 1 aliphatic heterocycles. The number of carbonyl (C=O) groups is 1. The van der Waals surface area contributed by atoms with E-state index in [0.717, 1.165) is 43.5 Å². The molecule has 5 heteroatoms. The number of hydrogen-bond donors (Lipinski definition) is 2. The van der Waals surface area contributed by atoms with Crippen molar-refractivity contribution >= 4 is 11.7 Å². The van der Waals surface area contributed by atoms with Crippen LogP contribution in [-0.2, 0) is 0 Å². The van der Waals surface area contributed by atoms with Gasteiger partial charge in [0, 0.05) is 24.8 Å². The molecule has 0 atom stereocenters. The first-order valence-corrected chi connectivity index (χ1v) is 10.1. The van der Waals surface area contributed by atoms with E-state index in [-0.39, 0.29) is 6.03 Å². The number of urea groups is 1. The molecule has 0 radical (unpaired) electrons. The molecule has 1 aliphatic carbocycles. The van der Waals surface area contributed by atoms with Gasteiger partial charge in [0.1, 0.15) is 5.75 Å². The zero-order valence-electron chi connectivity index (χ0n) is 15.9. The van der Waals surface area contributed by atoms with E-state index in [1.807, 2.05) is 24.3 Å². The molecular weight excluding hydrogens is 328 g/mol. The van der Waals surface area contributed by atoms with E-state index in [1.165, 1.54) is 12.8 Å². The van der Waals surface area contributed by atoms with Crippen molar-refractivity contribution in [3.8, 4) is 5.75 Å². The fourth-order valence-corrected chi connectivity index (χ4v) is 3.93. The molecule has 3 rings (SSSR count). The van der Waals surface area contributed by atoms with Crippen molar-refractivity contribution in [2.24, 2.45) is 0 Å². The monoisotopic (exact) mass is 360 g/mol. The number of nitrogens with zero attached hydrogens (tertiary/aromatic N) is 1. The highest BCUT2D eigenvalue weighted by Crippen LogP contribution is 2.29. The molecule has 2 amide bonds. The fourth-order valence-electron chi connectivity index (χ4n) is 3.93. The molecule has 2 N–H and O–H groups in total. The van der Waals surface area contributed by atoms with Crippen LogP contribution in [0.3, 0.4) is 0 Å². The highest BCUT2D eigenvalue weighted by Gasteiger charge is 2.33. The number of rotatable bonds is 6. The summed E-state index contributed by atoms with van der Waals surface area (Å²) in [6.07, 6.45) is 9.29. The Morgan fingerprint density at radius 3 is 2.73 bits per heavy atom. The van der Waals surface area contributed by atoms with Crippen LogP contribution in [-0.4, -0.2) is 40.8 Å². The Bertz CT molecular complexity index is 591. The summed E-state index contributed by atoms with van der Waals surface area (Å²) >= 11 is 0. The zero-order valence-corrected chi connectivity index (χ0v) is 15.9. The van der Waals surface area contributed by atoms with E-state index < -0.39 is 5.60 Å². The van der Waals surface area contributed by atoms with Crippen LogP contribution in [0.2, 0.25) is 0 Å². The molecule has 0 unspecified atom stereocenters. The molecule has 1 aromatic carbocycles. The smallest absolute Gasteiger partial charge is 0.321 e. The Morgan fingerprint density at radius 1 is 1.31 bits per heavy atom. The van der Waals surface area contributed by atoms with Gasteiger partial charge in [-0.15, -0.1) is 0 Å². The Labute approximate surface area is 156 Å². The van der Waals surface area contributed by atoms with Gasteiger partial charge in [0.25, 0.3) is 0 Å². The molecule has 1 saturated carbocycles. The number of amides is 2. The van der Waals surface area contributed by atoms with Crippen molar-refractivity contribution in [2.45, 2.75) is 76.4 Å². The topological polar surface area (TPSA) is 61.8 Å². The number of ether oxygens (including phenoxy) is 1. The van der Waals surface area contributed by atoms with Crippen LogP contribution in [0.25, 0.3) is 0 Å². The Hall–Kier alpha value is -1.75. The molecule has 0 bridgehead atoms. The number of benzene rings is 1. The minimum Gasteiger partial charge on any atom is -0.490 e. The van der Waals surface area contributed by atoms with Crippen LogP contribution in [0, 0.1) is 0 Å². The number of anilines is 1.